The smallest absolute Gasteiger partial charge is 0.134 e. The largest absolute Gasteiger partial charge is 0.506 e. The first kappa shape index (κ1) is 13.9. The summed E-state index contributed by atoms with van der Waals surface area (Å²) in [6.07, 6.45) is -0.233. The van der Waals surface area contributed by atoms with Crippen LogP contribution in [0.15, 0.2) is 48.5 Å². The van der Waals surface area contributed by atoms with Crippen molar-refractivity contribution >= 4 is 11.6 Å². The van der Waals surface area contributed by atoms with Crippen LogP contribution in [0.2, 0.25) is 5.02 Å². The molecule has 19 heavy (non-hydrogen) atoms. The van der Waals surface area contributed by atoms with Crippen LogP contribution in [0.5, 0.6) is 5.75 Å². The molecule has 4 heteroatoms. The molecule has 2 rings (SSSR count). The van der Waals surface area contributed by atoms with E-state index in [9.17, 15) is 10.2 Å². The molecule has 0 aliphatic rings. The first-order valence-corrected chi connectivity index (χ1v) is 6.41. The summed E-state index contributed by atoms with van der Waals surface area (Å²) in [5.41, 5.74) is 7.74. The zero-order chi connectivity index (χ0) is 13.8. The van der Waals surface area contributed by atoms with Gasteiger partial charge in [0.2, 0.25) is 0 Å². The molecule has 2 atom stereocenters. The molecule has 0 fully saturated rings. The number of phenols is 1. The fourth-order valence-electron chi connectivity index (χ4n) is 1.94. The van der Waals surface area contributed by atoms with Crippen molar-refractivity contribution in [2.45, 2.75) is 18.6 Å². The van der Waals surface area contributed by atoms with E-state index in [-0.39, 0.29) is 10.8 Å². The van der Waals surface area contributed by atoms with Gasteiger partial charge in [-0.2, -0.15) is 0 Å². The molecule has 0 bridgehead atoms. The molecule has 0 aromatic heterocycles. The minimum absolute atomic E-state index is 0.00941. The number of aliphatic hydroxyl groups is 1. The van der Waals surface area contributed by atoms with Crippen LogP contribution in [0.25, 0.3) is 0 Å². The maximum atomic E-state index is 10.2. The topological polar surface area (TPSA) is 66.5 Å². The number of nitrogens with two attached hydrogens (primary N) is 1. The number of benzene rings is 2. The van der Waals surface area contributed by atoms with Gasteiger partial charge in [0.15, 0.2) is 0 Å². The Morgan fingerprint density at radius 3 is 2.42 bits per heavy atom. The summed E-state index contributed by atoms with van der Waals surface area (Å²) < 4.78 is 0. The van der Waals surface area contributed by atoms with Gasteiger partial charge < -0.3 is 15.9 Å². The van der Waals surface area contributed by atoms with Gasteiger partial charge in [0.25, 0.3) is 0 Å². The number of rotatable bonds is 4. The molecule has 2 aromatic carbocycles. The van der Waals surface area contributed by atoms with Gasteiger partial charge in [0.05, 0.1) is 17.2 Å². The molecule has 0 amide bonds. The Bertz CT molecular complexity index is 545. The molecule has 0 saturated carbocycles. The van der Waals surface area contributed by atoms with Crippen molar-refractivity contribution in [3.63, 3.8) is 0 Å². The summed E-state index contributed by atoms with van der Waals surface area (Å²) in [5, 5.41) is 19.8. The molecule has 0 aliphatic carbocycles. The van der Waals surface area contributed by atoms with Crippen LogP contribution in [0.4, 0.5) is 0 Å². The molecule has 0 spiro atoms. The number of hydrogen-bond donors (Lipinski definition) is 3. The second-order valence-corrected chi connectivity index (χ2v) is 4.90. The summed E-state index contributed by atoms with van der Waals surface area (Å²) in [7, 11) is 0. The van der Waals surface area contributed by atoms with Crippen molar-refractivity contribution in [3.8, 4) is 5.75 Å². The molecule has 0 heterocycles. The third kappa shape index (κ3) is 3.47. The van der Waals surface area contributed by atoms with Crippen molar-refractivity contribution in [2.75, 3.05) is 0 Å². The zero-order valence-corrected chi connectivity index (χ0v) is 11.1. The number of phenolic OH excluding ortho intramolecular Hbond substituents is 1. The van der Waals surface area contributed by atoms with E-state index < -0.39 is 12.1 Å². The highest BCUT2D eigenvalue weighted by atomic mass is 35.5. The van der Waals surface area contributed by atoms with Crippen molar-refractivity contribution < 1.29 is 10.2 Å². The summed E-state index contributed by atoms with van der Waals surface area (Å²) in [6, 6.07) is 13.8. The summed E-state index contributed by atoms with van der Waals surface area (Å²) in [6.45, 7) is 0. The fourth-order valence-corrected chi connectivity index (χ4v) is 2.12. The fraction of sp³-hybridized carbons (Fsp3) is 0.200. The monoisotopic (exact) mass is 277 g/mol. The van der Waals surface area contributed by atoms with Gasteiger partial charge in [0, 0.05) is 6.42 Å². The van der Waals surface area contributed by atoms with Gasteiger partial charge in [-0.3, -0.25) is 0 Å². The maximum absolute atomic E-state index is 10.2. The lowest BCUT2D eigenvalue weighted by atomic mass is 9.97. The normalized spacial score (nSPS) is 14.1. The van der Waals surface area contributed by atoms with Crippen LogP contribution in [0.3, 0.4) is 0 Å². The van der Waals surface area contributed by atoms with E-state index in [0.717, 1.165) is 5.56 Å². The molecular formula is C15H16ClNO2. The highest BCUT2D eigenvalue weighted by Crippen LogP contribution is 2.27. The molecule has 0 unspecified atom stereocenters. The lowest BCUT2D eigenvalue weighted by Crippen LogP contribution is -2.28. The minimum atomic E-state index is -0.706. The maximum Gasteiger partial charge on any atom is 0.134 e. The van der Waals surface area contributed by atoms with Crippen LogP contribution >= 0.6 is 11.6 Å². The van der Waals surface area contributed by atoms with Crippen molar-refractivity contribution in [2.24, 2.45) is 5.73 Å². The summed E-state index contributed by atoms with van der Waals surface area (Å²) in [5.74, 6) is 0.00941. The summed E-state index contributed by atoms with van der Waals surface area (Å²) >= 11 is 5.84. The van der Waals surface area contributed by atoms with Gasteiger partial charge >= 0.3 is 0 Å². The minimum Gasteiger partial charge on any atom is -0.506 e. The molecule has 0 aliphatic heterocycles. The third-order valence-electron chi connectivity index (χ3n) is 3.06. The van der Waals surface area contributed by atoms with E-state index in [0.29, 0.717) is 12.0 Å². The van der Waals surface area contributed by atoms with E-state index in [1.165, 1.54) is 6.07 Å². The quantitative estimate of drug-likeness (QED) is 0.805. The molecule has 100 valence electrons. The Morgan fingerprint density at radius 1 is 1.11 bits per heavy atom. The van der Waals surface area contributed by atoms with Crippen molar-refractivity contribution in [1.29, 1.82) is 0 Å². The lowest BCUT2D eigenvalue weighted by molar-refractivity contribution is 0.145. The highest BCUT2D eigenvalue weighted by molar-refractivity contribution is 6.32. The SMILES string of the molecule is N[C@@H](c1ccc(O)c(Cl)c1)[C@H](O)Cc1ccccc1. The predicted molar refractivity (Wildman–Crippen MR) is 76.2 cm³/mol. The summed E-state index contributed by atoms with van der Waals surface area (Å²) in [4.78, 5) is 0. The highest BCUT2D eigenvalue weighted by Gasteiger charge is 2.18. The van der Waals surface area contributed by atoms with E-state index in [2.05, 4.69) is 0 Å². The Hall–Kier alpha value is -1.55. The van der Waals surface area contributed by atoms with Crippen LogP contribution < -0.4 is 5.73 Å². The second kappa shape index (κ2) is 6.06. The first-order valence-electron chi connectivity index (χ1n) is 6.04. The number of hydrogen-bond acceptors (Lipinski definition) is 3. The predicted octanol–water partition coefficient (Wildman–Crippen LogP) is 2.65. The molecule has 0 saturated heterocycles. The molecule has 0 radical (unpaired) electrons. The molecular weight excluding hydrogens is 262 g/mol. The Morgan fingerprint density at radius 2 is 1.79 bits per heavy atom. The van der Waals surface area contributed by atoms with Gasteiger partial charge in [-0.05, 0) is 23.3 Å². The van der Waals surface area contributed by atoms with Crippen LogP contribution in [0, 0.1) is 0 Å². The second-order valence-electron chi connectivity index (χ2n) is 4.49. The van der Waals surface area contributed by atoms with Gasteiger partial charge in [-0.15, -0.1) is 0 Å². The third-order valence-corrected chi connectivity index (χ3v) is 3.36. The molecule has 2 aromatic rings. The van der Waals surface area contributed by atoms with Gasteiger partial charge in [-0.1, -0.05) is 48.0 Å². The van der Waals surface area contributed by atoms with Crippen molar-refractivity contribution in [3.05, 3.63) is 64.7 Å². The zero-order valence-electron chi connectivity index (χ0n) is 10.3. The van der Waals surface area contributed by atoms with Crippen LogP contribution in [-0.4, -0.2) is 16.3 Å². The van der Waals surface area contributed by atoms with Crippen LogP contribution in [-0.2, 0) is 6.42 Å². The number of aromatic hydroxyl groups is 1. The van der Waals surface area contributed by atoms with E-state index in [4.69, 9.17) is 17.3 Å². The lowest BCUT2D eigenvalue weighted by Gasteiger charge is -2.19. The van der Waals surface area contributed by atoms with Crippen molar-refractivity contribution in [1.82, 2.24) is 0 Å². The molecule has 4 N–H and O–H groups in total. The molecule has 3 nitrogen and oxygen atoms in total. The number of aliphatic hydroxyl groups excluding tert-OH is 1. The average Bonchev–Trinajstić information content (AvgIpc) is 2.42. The number of halogens is 1. The Balaban J connectivity index is 2.10. The average molecular weight is 278 g/mol. The van der Waals surface area contributed by atoms with Gasteiger partial charge in [0.1, 0.15) is 5.75 Å². The first-order chi connectivity index (χ1) is 9.08. The Kier molecular flexibility index (Phi) is 4.43. The van der Waals surface area contributed by atoms with E-state index in [1.54, 1.807) is 12.1 Å². The van der Waals surface area contributed by atoms with E-state index >= 15 is 0 Å². The van der Waals surface area contributed by atoms with Crippen LogP contribution in [0.1, 0.15) is 17.2 Å². The van der Waals surface area contributed by atoms with Gasteiger partial charge in [-0.25, -0.2) is 0 Å². The standard InChI is InChI=1S/C15H16ClNO2/c16-12-9-11(6-7-13(12)18)15(17)14(19)8-10-4-2-1-3-5-10/h1-7,9,14-15,18-19H,8,17H2/t14-,15+/m1/s1. The Labute approximate surface area is 117 Å². The van der Waals surface area contributed by atoms with E-state index in [1.807, 2.05) is 30.3 Å².